The normalized spacial score (nSPS) is 12.0. The molecule has 1 heterocycles. The minimum atomic E-state index is -1.26. The number of carbonyl (C=O) groups excluding carboxylic acids is 1. The minimum Gasteiger partial charge on any atom is -0.475 e. The van der Waals surface area contributed by atoms with Crippen molar-refractivity contribution in [2.45, 2.75) is 13.0 Å². The summed E-state index contributed by atoms with van der Waals surface area (Å²) in [4.78, 5) is 23.0. The van der Waals surface area contributed by atoms with Gasteiger partial charge in [-0.15, -0.1) is 0 Å². The van der Waals surface area contributed by atoms with Gasteiger partial charge in [-0.2, -0.15) is 0 Å². The number of rotatable bonds is 6. The molecule has 2 N–H and O–H groups in total. The van der Waals surface area contributed by atoms with Crippen LogP contribution in [0.2, 0.25) is 5.02 Å². The first-order valence-electron chi connectivity index (χ1n) is 6.71. The minimum absolute atomic E-state index is 0.131. The number of carbonyl (C=O) groups is 2. The third-order valence-corrected chi connectivity index (χ3v) is 3.38. The molecule has 2 rings (SSSR count). The first-order valence-corrected chi connectivity index (χ1v) is 7.09. The smallest absolute Gasteiger partial charge is 0.375 e. The topological polar surface area (TPSA) is 102 Å². The molecule has 0 bridgehead atoms. The van der Waals surface area contributed by atoms with Gasteiger partial charge in [0.05, 0.1) is 11.6 Å². The molecule has 1 aromatic carbocycles. The summed E-state index contributed by atoms with van der Waals surface area (Å²) in [5.41, 5.74) is 1.25. The first-order chi connectivity index (χ1) is 10.9. The number of methoxy groups -OCH3 is 1. The number of benzene rings is 1. The number of nitrogens with one attached hydrogen (secondary N) is 1. The highest BCUT2D eigenvalue weighted by molar-refractivity contribution is 6.30. The van der Waals surface area contributed by atoms with Gasteiger partial charge in [-0.1, -0.05) is 28.9 Å². The molecular formula is C15H15ClN2O5. The van der Waals surface area contributed by atoms with E-state index in [1.54, 1.807) is 31.2 Å². The molecule has 0 fully saturated rings. The van der Waals surface area contributed by atoms with E-state index in [1.807, 2.05) is 0 Å². The molecular weight excluding hydrogens is 324 g/mol. The largest absolute Gasteiger partial charge is 0.475 e. The van der Waals surface area contributed by atoms with Crippen molar-refractivity contribution in [3.05, 3.63) is 40.6 Å². The lowest BCUT2D eigenvalue weighted by Crippen LogP contribution is -2.30. The molecule has 0 unspecified atom stereocenters. The van der Waals surface area contributed by atoms with E-state index >= 15 is 0 Å². The quantitative estimate of drug-likeness (QED) is 0.839. The summed E-state index contributed by atoms with van der Waals surface area (Å²) in [7, 11) is 1.39. The summed E-state index contributed by atoms with van der Waals surface area (Å²) in [5.74, 6) is -1.96. The zero-order valence-corrected chi connectivity index (χ0v) is 13.3. The van der Waals surface area contributed by atoms with Crippen molar-refractivity contribution < 1.29 is 24.0 Å². The van der Waals surface area contributed by atoms with Gasteiger partial charge >= 0.3 is 5.97 Å². The molecule has 0 spiro atoms. The summed E-state index contributed by atoms with van der Waals surface area (Å²) < 4.78 is 9.68. The Balaban J connectivity index is 2.42. The Morgan fingerprint density at radius 2 is 2.04 bits per heavy atom. The fourth-order valence-corrected chi connectivity index (χ4v) is 2.28. The van der Waals surface area contributed by atoms with Gasteiger partial charge in [0.1, 0.15) is 12.3 Å². The number of aromatic carboxylic acids is 1. The standard InChI is InChI=1S/C15H15ClN2O5/c1-8(17-11(19)7-22-2)12-13(18-23-14(12)15(20)21)9-3-5-10(16)6-4-9/h3-6,8H,7H2,1-2H3,(H,17,19)(H,20,21)/t8-/m1/s1. The van der Waals surface area contributed by atoms with E-state index in [4.69, 9.17) is 20.9 Å². The van der Waals surface area contributed by atoms with Crippen LogP contribution >= 0.6 is 11.6 Å². The van der Waals surface area contributed by atoms with Gasteiger partial charge in [0, 0.05) is 17.7 Å². The molecule has 0 saturated carbocycles. The molecule has 2 aromatic rings. The molecule has 1 atom stereocenters. The molecule has 0 radical (unpaired) electrons. The lowest BCUT2D eigenvalue weighted by molar-refractivity contribution is -0.125. The highest BCUT2D eigenvalue weighted by Gasteiger charge is 2.27. The van der Waals surface area contributed by atoms with Crippen molar-refractivity contribution >= 4 is 23.5 Å². The second kappa shape index (κ2) is 7.26. The zero-order chi connectivity index (χ0) is 17.0. The van der Waals surface area contributed by atoms with Crippen LogP contribution in [0.25, 0.3) is 11.3 Å². The van der Waals surface area contributed by atoms with Gasteiger partial charge in [0.25, 0.3) is 0 Å². The van der Waals surface area contributed by atoms with Crippen LogP contribution in [0, 0.1) is 0 Å². The monoisotopic (exact) mass is 338 g/mol. The van der Waals surface area contributed by atoms with Gasteiger partial charge in [0.15, 0.2) is 0 Å². The van der Waals surface area contributed by atoms with Crippen LogP contribution in [-0.4, -0.2) is 35.9 Å². The summed E-state index contributed by atoms with van der Waals surface area (Å²) in [6, 6.07) is 6.08. The van der Waals surface area contributed by atoms with Crippen LogP contribution in [0.4, 0.5) is 0 Å². The van der Waals surface area contributed by atoms with Crippen LogP contribution in [0.1, 0.15) is 29.1 Å². The predicted molar refractivity (Wildman–Crippen MR) is 82.3 cm³/mol. The summed E-state index contributed by atoms with van der Waals surface area (Å²) in [6.45, 7) is 1.51. The maximum Gasteiger partial charge on any atom is 0.375 e. The van der Waals surface area contributed by atoms with Crippen molar-refractivity contribution in [3.63, 3.8) is 0 Å². The molecule has 0 saturated heterocycles. The molecule has 1 aromatic heterocycles. The fraction of sp³-hybridized carbons (Fsp3) is 0.267. The number of hydrogen-bond acceptors (Lipinski definition) is 5. The zero-order valence-electron chi connectivity index (χ0n) is 12.5. The van der Waals surface area contributed by atoms with E-state index in [0.29, 0.717) is 16.3 Å². The van der Waals surface area contributed by atoms with Crippen LogP contribution in [0.3, 0.4) is 0 Å². The molecule has 122 valence electrons. The Hall–Kier alpha value is -2.38. The number of carboxylic acids is 1. The van der Waals surface area contributed by atoms with Crippen LogP contribution in [0.15, 0.2) is 28.8 Å². The molecule has 0 aliphatic heterocycles. The van der Waals surface area contributed by atoms with Crippen molar-refractivity contribution in [3.8, 4) is 11.3 Å². The average molecular weight is 339 g/mol. The first kappa shape index (κ1) is 17.0. The Bertz CT molecular complexity index is 711. The van der Waals surface area contributed by atoms with E-state index in [9.17, 15) is 14.7 Å². The number of halogens is 1. The molecule has 0 aliphatic carbocycles. The number of aromatic nitrogens is 1. The third-order valence-electron chi connectivity index (χ3n) is 3.13. The van der Waals surface area contributed by atoms with E-state index in [-0.39, 0.29) is 23.8 Å². The number of nitrogens with zero attached hydrogens (tertiary/aromatic N) is 1. The second-order valence-corrected chi connectivity index (χ2v) is 5.24. The van der Waals surface area contributed by atoms with Gasteiger partial charge in [-0.25, -0.2) is 4.79 Å². The number of hydrogen-bond donors (Lipinski definition) is 2. The Kier molecular flexibility index (Phi) is 5.36. The van der Waals surface area contributed by atoms with Crippen molar-refractivity contribution in [1.29, 1.82) is 0 Å². The molecule has 1 amide bonds. The summed E-state index contributed by atoms with van der Waals surface area (Å²) in [5, 5.41) is 16.3. The van der Waals surface area contributed by atoms with Gasteiger partial charge in [-0.3, -0.25) is 4.79 Å². The molecule has 7 nitrogen and oxygen atoms in total. The lowest BCUT2D eigenvalue weighted by Gasteiger charge is -2.14. The van der Waals surface area contributed by atoms with E-state index in [0.717, 1.165) is 0 Å². The summed E-state index contributed by atoms with van der Waals surface area (Å²) in [6.07, 6.45) is 0. The molecule has 8 heteroatoms. The van der Waals surface area contributed by atoms with Gasteiger partial charge in [0.2, 0.25) is 11.7 Å². The highest BCUT2D eigenvalue weighted by Crippen LogP contribution is 2.31. The third kappa shape index (κ3) is 3.88. The van der Waals surface area contributed by atoms with Crippen LogP contribution < -0.4 is 5.32 Å². The lowest BCUT2D eigenvalue weighted by atomic mass is 10.0. The van der Waals surface area contributed by atoms with E-state index in [1.165, 1.54) is 7.11 Å². The van der Waals surface area contributed by atoms with E-state index in [2.05, 4.69) is 10.5 Å². The van der Waals surface area contributed by atoms with Crippen molar-refractivity contribution in [1.82, 2.24) is 10.5 Å². The Labute approximate surface area is 137 Å². The second-order valence-electron chi connectivity index (χ2n) is 4.81. The van der Waals surface area contributed by atoms with Gasteiger partial charge < -0.3 is 19.7 Å². The molecule has 0 aliphatic rings. The highest BCUT2D eigenvalue weighted by atomic mass is 35.5. The summed E-state index contributed by atoms with van der Waals surface area (Å²) >= 11 is 5.85. The maximum absolute atomic E-state index is 11.7. The molecule has 23 heavy (non-hydrogen) atoms. The average Bonchev–Trinajstić information content (AvgIpc) is 2.93. The number of carboxylic acid groups (broad SMARTS) is 1. The number of ether oxygens (including phenoxy) is 1. The SMILES string of the molecule is COCC(=O)N[C@H](C)c1c(-c2ccc(Cl)cc2)noc1C(=O)O. The Morgan fingerprint density at radius 1 is 1.39 bits per heavy atom. The van der Waals surface area contributed by atoms with Crippen molar-refractivity contribution in [2.75, 3.05) is 13.7 Å². The van der Waals surface area contributed by atoms with Crippen LogP contribution in [0.5, 0.6) is 0 Å². The van der Waals surface area contributed by atoms with E-state index < -0.39 is 12.0 Å². The fourth-order valence-electron chi connectivity index (χ4n) is 2.16. The van der Waals surface area contributed by atoms with Gasteiger partial charge in [-0.05, 0) is 19.1 Å². The van der Waals surface area contributed by atoms with Crippen molar-refractivity contribution in [2.24, 2.45) is 0 Å². The van der Waals surface area contributed by atoms with Crippen LogP contribution in [-0.2, 0) is 9.53 Å². The maximum atomic E-state index is 11.7. The number of amides is 1. The predicted octanol–water partition coefficient (Wildman–Crippen LogP) is 2.52. The Morgan fingerprint density at radius 3 is 2.61 bits per heavy atom.